The SMILES string of the molecule is Clc1cccc(N(c2cccc3c2C(c2ccccc2)(c2ccccc2)c2ccccc2-3)c2cccc3oc4ccccc4c23)c1. The quantitative estimate of drug-likeness (QED) is 0.193. The van der Waals surface area contributed by atoms with Crippen molar-refractivity contribution < 1.29 is 4.42 Å². The van der Waals surface area contributed by atoms with Gasteiger partial charge in [0.1, 0.15) is 11.2 Å². The van der Waals surface area contributed by atoms with Crippen molar-refractivity contribution in [3.05, 3.63) is 197 Å². The van der Waals surface area contributed by atoms with Crippen LogP contribution in [0.3, 0.4) is 0 Å². The maximum atomic E-state index is 6.75. The summed E-state index contributed by atoms with van der Waals surface area (Å²) in [5, 5.41) is 2.82. The molecular weight excluding hydrogens is 582 g/mol. The predicted octanol–water partition coefficient (Wildman–Crippen LogP) is 12.1. The molecule has 3 heteroatoms. The second-order valence-corrected chi connectivity index (χ2v) is 12.2. The van der Waals surface area contributed by atoms with Gasteiger partial charge in [-0.1, -0.05) is 139 Å². The summed E-state index contributed by atoms with van der Waals surface area (Å²) < 4.78 is 6.41. The van der Waals surface area contributed by atoms with Crippen molar-refractivity contribution in [2.24, 2.45) is 0 Å². The van der Waals surface area contributed by atoms with Gasteiger partial charge in [0.05, 0.1) is 22.2 Å². The zero-order valence-electron chi connectivity index (χ0n) is 24.9. The fraction of sp³-hybridized carbons (Fsp3) is 0.0233. The van der Waals surface area contributed by atoms with Gasteiger partial charge in [0.15, 0.2) is 0 Å². The number of hydrogen-bond donors (Lipinski definition) is 0. The van der Waals surface area contributed by atoms with Crippen molar-refractivity contribution in [2.45, 2.75) is 5.41 Å². The first kappa shape index (κ1) is 26.8. The molecule has 1 aliphatic rings. The van der Waals surface area contributed by atoms with E-state index in [2.05, 4.69) is 150 Å². The lowest BCUT2D eigenvalue weighted by molar-refractivity contribution is 0.669. The van der Waals surface area contributed by atoms with Crippen molar-refractivity contribution in [3.63, 3.8) is 0 Å². The Morgan fingerprint density at radius 2 is 1.11 bits per heavy atom. The Hall–Kier alpha value is -5.57. The van der Waals surface area contributed by atoms with Crippen LogP contribution in [0.2, 0.25) is 5.02 Å². The number of nitrogens with zero attached hydrogens (tertiary/aromatic N) is 1. The zero-order chi connectivity index (χ0) is 30.7. The number of para-hydroxylation sites is 1. The van der Waals surface area contributed by atoms with Gasteiger partial charge in [0.2, 0.25) is 0 Å². The molecule has 218 valence electrons. The minimum Gasteiger partial charge on any atom is -0.456 e. The molecule has 0 fully saturated rings. The molecule has 1 aromatic heterocycles. The molecule has 0 amide bonds. The van der Waals surface area contributed by atoms with E-state index in [9.17, 15) is 0 Å². The van der Waals surface area contributed by atoms with Crippen LogP contribution in [0.15, 0.2) is 174 Å². The Labute approximate surface area is 272 Å². The van der Waals surface area contributed by atoms with Crippen molar-refractivity contribution in [1.82, 2.24) is 0 Å². The first-order chi connectivity index (χ1) is 22.7. The van der Waals surface area contributed by atoms with E-state index >= 15 is 0 Å². The molecule has 0 unspecified atom stereocenters. The molecule has 7 aromatic carbocycles. The summed E-state index contributed by atoms with van der Waals surface area (Å²) in [5.41, 5.74) is 11.6. The summed E-state index contributed by atoms with van der Waals surface area (Å²) in [5.74, 6) is 0. The Morgan fingerprint density at radius 3 is 1.89 bits per heavy atom. The van der Waals surface area contributed by atoms with E-state index in [1.807, 2.05) is 24.3 Å². The number of hydrogen-bond acceptors (Lipinski definition) is 2. The van der Waals surface area contributed by atoms with E-state index in [0.717, 1.165) is 39.0 Å². The average Bonchev–Trinajstić information content (AvgIpc) is 3.64. The van der Waals surface area contributed by atoms with Crippen molar-refractivity contribution in [3.8, 4) is 11.1 Å². The fourth-order valence-electron chi connectivity index (χ4n) is 7.63. The Bertz CT molecular complexity index is 2350. The summed E-state index contributed by atoms with van der Waals surface area (Å²) in [6.45, 7) is 0. The number of anilines is 3. The van der Waals surface area contributed by atoms with Gasteiger partial charge in [0.25, 0.3) is 0 Å². The number of benzene rings is 7. The molecule has 0 aliphatic heterocycles. The van der Waals surface area contributed by atoms with Gasteiger partial charge in [0, 0.05) is 21.7 Å². The minimum atomic E-state index is -0.575. The van der Waals surface area contributed by atoms with Gasteiger partial charge in [-0.3, -0.25) is 0 Å². The molecule has 0 bridgehead atoms. The summed E-state index contributed by atoms with van der Waals surface area (Å²) in [6, 6.07) is 60.2. The number of fused-ring (bicyclic) bond motifs is 6. The number of furan rings is 1. The second kappa shape index (κ2) is 10.5. The van der Waals surface area contributed by atoms with Crippen LogP contribution in [0.5, 0.6) is 0 Å². The molecule has 0 spiro atoms. The highest BCUT2D eigenvalue weighted by Crippen LogP contribution is 2.60. The lowest BCUT2D eigenvalue weighted by atomic mass is 9.67. The number of halogens is 1. The topological polar surface area (TPSA) is 16.4 Å². The molecule has 8 aromatic rings. The van der Waals surface area contributed by atoms with E-state index < -0.39 is 5.41 Å². The highest BCUT2D eigenvalue weighted by molar-refractivity contribution is 6.31. The fourth-order valence-corrected chi connectivity index (χ4v) is 7.82. The first-order valence-electron chi connectivity index (χ1n) is 15.6. The largest absolute Gasteiger partial charge is 0.456 e. The van der Waals surface area contributed by atoms with Gasteiger partial charge >= 0.3 is 0 Å². The lowest BCUT2D eigenvalue weighted by Gasteiger charge is -2.38. The van der Waals surface area contributed by atoms with Gasteiger partial charge in [-0.2, -0.15) is 0 Å². The van der Waals surface area contributed by atoms with E-state index in [1.54, 1.807) is 0 Å². The molecular formula is C43H28ClNO. The van der Waals surface area contributed by atoms with Crippen molar-refractivity contribution in [1.29, 1.82) is 0 Å². The van der Waals surface area contributed by atoms with Crippen LogP contribution in [0.4, 0.5) is 17.1 Å². The summed E-state index contributed by atoms with van der Waals surface area (Å²) >= 11 is 6.75. The minimum absolute atomic E-state index is 0.575. The predicted molar refractivity (Wildman–Crippen MR) is 191 cm³/mol. The maximum Gasteiger partial charge on any atom is 0.137 e. The van der Waals surface area contributed by atoms with Gasteiger partial charge < -0.3 is 9.32 Å². The molecule has 1 heterocycles. The summed E-state index contributed by atoms with van der Waals surface area (Å²) in [6.07, 6.45) is 0. The molecule has 0 atom stereocenters. The van der Waals surface area contributed by atoms with Gasteiger partial charge in [-0.25, -0.2) is 0 Å². The summed E-state index contributed by atoms with van der Waals surface area (Å²) in [4.78, 5) is 2.38. The van der Waals surface area contributed by atoms with Crippen LogP contribution < -0.4 is 4.90 Å². The summed E-state index contributed by atoms with van der Waals surface area (Å²) in [7, 11) is 0. The first-order valence-corrected chi connectivity index (χ1v) is 15.9. The van der Waals surface area contributed by atoms with Crippen molar-refractivity contribution in [2.75, 3.05) is 4.90 Å². The standard InChI is InChI=1S/C43H28ClNO/c44-31-18-11-19-32(28-31)45(37-24-13-27-40-41(37)35-21-8-10-26-39(35)46-40)38-25-12-22-34-33-20-7-9-23-36(33)43(42(34)38,29-14-3-1-4-15-29)30-16-5-2-6-17-30/h1-28H. The molecule has 9 rings (SSSR count). The van der Waals surface area contributed by atoms with Crippen LogP contribution in [0.25, 0.3) is 33.1 Å². The van der Waals surface area contributed by atoms with E-state index in [4.69, 9.17) is 16.0 Å². The number of rotatable bonds is 5. The third-order valence-electron chi connectivity index (χ3n) is 9.38. The van der Waals surface area contributed by atoms with Crippen LogP contribution in [0.1, 0.15) is 22.3 Å². The second-order valence-electron chi connectivity index (χ2n) is 11.8. The maximum absolute atomic E-state index is 6.75. The van der Waals surface area contributed by atoms with Crippen LogP contribution in [-0.4, -0.2) is 0 Å². The highest BCUT2D eigenvalue weighted by Gasteiger charge is 2.48. The molecule has 0 radical (unpaired) electrons. The monoisotopic (exact) mass is 609 g/mol. The Balaban J connectivity index is 1.45. The lowest BCUT2D eigenvalue weighted by Crippen LogP contribution is -2.30. The van der Waals surface area contributed by atoms with E-state index in [1.165, 1.54) is 33.4 Å². The third kappa shape index (κ3) is 3.84. The smallest absolute Gasteiger partial charge is 0.137 e. The molecule has 2 nitrogen and oxygen atoms in total. The van der Waals surface area contributed by atoms with Crippen LogP contribution in [0, 0.1) is 0 Å². The average molecular weight is 610 g/mol. The zero-order valence-corrected chi connectivity index (χ0v) is 25.7. The van der Waals surface area contributed by atoms with Crippen LogP contribution in [-0.2, 0) is 5.41 Å². The molecule has 0 N–H and O–H groups in total. The van der Waals surface area contributed by atoms with Gasteiger partial charge in [-0.15, -0.1) is 0 Å². The van der Waals surface area contributed by atoms with E-state index in [-0.39, 0.29) is 0 Å². The molecule has 0 saturated heterocycles. The normalized spacial score (nSPS) is 13.1. The van der Waals surface area contributed by atoms with E-state index in [0.29, 0.717) is 5.02 Å². The molecule has 46 heavy (non-hydrogen) atoms. The van der Waals surface area contributed by atoms with Crippen molar-refractivity contribution >= 4 is 50.6 Å². The molecule has 1 aliphatic carbocycles. The molecule has 0 saturated carbocycles. The Morgan fingerprint density at radius 1 is 0.500 bits per heavy atom. The third-order valence-corrected chi connectivity index (χ3v) is 9.62. The highest BCUT2D eigenvalue weighted by atomic mass is 35.5. The Kier molecular flexibility index (Phi) is 6.12. The van der Waals surface area contributed by atoms with Gasteiger partial charge in [-0.05, 0) is 70.3 Å². The van der Waals surface area contributed by atoms with Crippen LogP contribution >= 0.6 is 11.6 Å².